The molecule has 0 aliphatic heterocycles. The number of hydrogen-bond donors (Lipinski definition) is 2. The zero-order valence-corrected chi connectivity index (χ0v) is 16.8. The first kappa shape index (κ1) is 19.7. The molecule has 0 aliphatic rings. The molecule has 0 atom stereocenters. The molecule has 0 aliphatic carbocycles. The molecule has 2 N–H and O–H groups in total. The van der Waals surface area contributed by atoms with Crippen LogP contribution in [-0.4, -0.2) is 41.5 Å². The number of phenolic OH excluding ortho intramolecular Hbond substituents is 1. The number of furan rings is 1. The third-order valence-corrected chi connectivity index (χ3v) is 5.24. The van der Waals surface area contributed by atoms with Gasteiger partial charge >= 0.3 is 0 Å². The Labute approximate surface area is 170 Å². The number of benzene rings is 2. The molecule has 1 aromatic heterocycles. The molecule has 27 heavy (non-hydrogen) atoms. The van der Waals surface area contributed by atoms with Gasteiger partial charge in [-0.3, -0.25) is 4.79 Å². The highest BCUT2D eigenvalue weighted by Gasteiger charge is 2.26. The fourth-order valence-corrected chi connectivity index (χ4v) is 3.78. The van der Waals surface area contributed by atoms with Crippen molar-refractivity contribution in [3.05, 3.63) is 39.1 Å². The Morgan fingerprint density at radius 2 is 1.89 bits per heavy atom. The van der Waals surface area contributed by atoms with Crippen LogP contribution >= 0.6 is 15.9 Å². The number of fused-ring (bicyclic) bond motifs is 1. The minimum absolute atomic E-state index is 0.0889. The van der Waals surface area contributed by atoms with Crippen molar-refractivity contribution >= 4 is 78.3 Å². The van der Waals surface area contributed by atoms with E-state index in [9.17, 15) is 9.90 Å². The number of carbonyl (C=O) groups is 1. The number of aromatic hydroxyl groups is 1. The molecular weight excluding hydrogens is 403 g/mol. The van der Waals surface area contributed by atoms with E-state index >= 15 is 0 Å². The van der Waals surface area contributed by atoms with Crippen LogP contribution in [0.2, 0.25) is 0 Å². The predicted molar refractivity (Wildman–Crippen MR) is 115 cm³/mol. The first-order valence-electron chi connectivity index (χ1n) is 8.36. The zero-order chi connectivity index (χ0) is 20.0. The van der Waals surface area contributed by atoms with E-state index in [-0.39, 0.29) is 22.5 Å². The van der Waals surface area contributed by atoms with E-state index in [4.69, 9.17) is 28.0 Å². The number of carbonyl (C=O) groups excluding carboxylic acids is 1. The smallest absolute Gasteiger partial charge is 0.197 e. The number of halogens is 1. The van der Waals surface area contributed by atoms with Crippen molar-refractivity contribution in [2.45, 2.75) is 20.3 Å². The Morgan fingerprint density at radius 1 is 1.22 bits per heavy atom. The molecule has 3 aromatic rings. The highest BCUT2D eigenvalue weighted by molar-refractivity contribution is 9.10. The lowest BCUT2D eigenvalue weighted by atomic mass is 9.72. The van der Waals surface area contributed by atoms with Crippen molar-refractivity contribution in [3.63, 3.8) is 0 Å². The van der Waals surface area contributed by atoms with E-state index in [0.717, 1.165) is 0 Å². The molecule has 0 saturated heterocycles. The summed E-state index contributed by atoms with van der Waals surface area (Å²) < 4.78 is 6.33. The van der Waals surface area contributed by atoms with Crippen molar-refractivity contribution in [2.24, 2.45) is 0 Å². The second kappa shape index (κ2) is 7.15. The lowest BCUT2D eigenvalue weighted by molar-refractivity contribution is 0.103. The van der Waals surface area contributed by atoms with Crippen molar-refractivity contribution in [2.75, 3.05) is 12.4 Å². The fourth-order valence-electron chi connectivity index (χ4n) is 3.22. The van der Waals surface area contributed by atoms with Crippen LogP contribution in [0.3, 0.4) is 0 Å². The topological polar surface area (TPSA) is 62.5 Å². The van der Waals surface area contributed by atoms with Gasteiger partial charge in [0, 0.05) is 30.1 Å². The Hall–Kier alpha value is -2.08. The van der Waals surface area contributed by atoms with Crippen molar-refractivity contribution in [3.8, 4) is 5.75 Å². The van der Waals surface area contributed by atoms with Gasteiger partial charge in [-0.15, -0.1) is 0 Å². The van der Waals surface area contributed by atoms with Crippen LogP contribution < -0.4 is 21.7 Å². The van der Waals surface area contributed by atoms with Gasteiger partial charge in [-0.05, 0) is 46.0 Å². The summed E-state index contributed by atoms with van der Waals surface area (Å²) in [6.45, 7) is 3.59. The highest BCUT2D eigenvalue weighted by atomic mass is 79.9. The van der Waals surface area contributed by atoms with Gasteiger partial charge in [-0.25, -0.2) is 0 Å². The molecule has 0 unspecified atom stereocenters. The number of ketones is 1. The molecule has 0 fully saturated rings. The lowest BCUT2D eigenvalue weighted by Crippen LogP contribution is -2.35. The zero-order valence-electron chi connectivity index (χ0n) is 15.2. The van der Waals surface area contributed by atoms with Crippen LogP contribution in [0.4, 0.5) is 5.69 Å². The van der Waals surface area contributed by atoms with Crippen LogP contribution in [0.5, 0.6) is 5.75 Å². The third kappa shape index (κ3) is 3.00. The molecule has 8 heteroatoms. The van der Waals surface area contributed by atoms with Gasteiger partial charge < -0.3 is 14.8 Å². The van der Waals surface area contributed by atoms with Gasteiger partial charge in [0.15, 0.2) is 5.78 Å². The normalized spacial score (nSPS) is 11.1. The Balaban J connectivity index is 2.36. The molecule has 2 aromatic carbocycles. The van der Waals surface area contributed by atoms with E-state index < -0.39 is 0 Å². The molecule has 4 nitrogen and oxygen atoms in total. The van der Waals surface area contributed by atoms with E-state index in [0.29, 0.717) is 55.5 Å². The largest absolute Gasteiger partial charge is 0.506 e. The molecular formula is C19H15B3BrNO3. The molecule has 0 amide bonds. The molecule has 0 spiro atoms. The predicted octanol–water partition coefficient (Wildman–Crippen LogP) is 1.43. The second-order valence-electron chi connectivity index (χ2n) is 6.28. The maximum atomic E-state index is 13.3. The van der Waals surface area contributed by atoms with Crippen LogP contribution in [0.1, 0.15) is 34.2 Å². The number of anilines is 1. The summed E-state index contributed by atoms with van der Waals surface area (Å²) >= 11 is 3.27. The second-order valence-corrected chi connectivity index (χ2v) is 7.13. The quantitative estimate of drug-likeness (QED) is 0.498. The van der Waals surface area contributed by atoms with Gasteiger partial charge in [-0.2, -0.15) is 0 Å². The first-order valence-corrected chi connectivity index (χ1v) is 9.15. The summed E-state index contributed by atoms with van der Waals surface area (Å²) in [5.74, 6) is 0.283. The average Bonchev–Trinajstić information content (AvgIpc) is 3.03. The molecule has 3 rings (SSSR count). The third-order valence-electron chi connectivity index (χ3n) is 4.64. The summed E-state index contributed by atoms with van der Waals surface area (Å²) in [5, 5.41) is 13.3. The summed E-state index contributed by atoms with van der Waals surface area (Å²) in [5.41, 5.74) is 2.92. The summed E-state index contributed by atoms with van der Waals surface area (Å²) in [7, 11) is 20.3. The van der Waals surface area contributed by atoms with Crippen molar-refractivity contribution in [1.29, 1.82) is 0 Å². The van der Waals surface area contributed by atoms with Gasteiger partial charge in [0.2, 0.25) is 0 Å². The maximum Gasteiger partial charge on any atom is 0.197 e. The molecule has 6 radical (unpaired) electrons. The van der Waals surface area contributed by atoms with Crippen LogP contribution in [0.15, 0.2) is 21.0 Å². The molecule has 0 bridgehead atoms. The SMILES string of the molecule is [B]c1c(NC)c([B])c2oc(CC)c(C(=O)c3cc(C)c(O)c(Br)c3)c2c1[B]. The lowest BCUT2D eigenvalue weighted by Gasteiger charge is -2.15. The van der Waals surface area contributed by atoms with Crippen LogP contribution in [0, 0.1) is 6.92 Å². The number of phenols is 1. The summed E-state index contributed by atoms with van der Waals surface area (Å²) in [4.78, 5) is 13.3. The monoisotopic (exact) mass is 417 g/mol. The number of rotatable bonds is 4. The first-order chi connectivity index (χ1) is 12.7. The van der Waals surface area contributed by atoms with Crippen molar-refractivity contribution in [1.82, 2.24) is 0 Å². The Morgan fingerprint density at radius 3 is 2.44 bits per heavy atom. The minimum atomic E-state index is -0.280. The fraction of sp³-hybridized carbons (Fsp3) is 0.211. The summed E-state index contributed by atoms with van der Waals surface area (Å²) in [6, 6.07) is 3.18. The van der Waals surface area contributed by atoms with E-state index in [2.05, 4.69) is 21.2 Å². The van der Waals surface area contributed by atoms with E-state index in [1.165, 1.54) is 0 Å². The number of nitrogens with one attached hydrogen (secondary N) is 1. The van der Waals surface area contributed by atoms with Gasteiger partial charge in [0.1, 0.15) is 40.6 Å². The highest BCUT2D eigenvalue weighted by Crippen LogP contribution is 2.32. The minimum Gasteiger partial charge on any atom is -0.506 e. The molecule has 1 heterocycles. The van der Waals surface area contributed by atoms with Gasteiger partial charge in [-0.1, -0.05) is 17.8 Å². The van der Waals surface area contributed by atoms with Crippen molar-refractivity contribution < 1.29 is 14.3 Å². The number of hydrogen-bond acceptors (Lipinski definition) is 4. The van der Waals surface area contributed by atoms with E-state index in [1.807, 2.05) is 6.92 Å². The molecule has 130 valence electrons. The Kier molecular flexibility index (Phi) is 5.21. The molecule has 0 saturated carbocycles. The standard InChI is InChI=1S/C19H15B3BrNO3/c1-4-10-11(18(26)8-5-7(2)17(25)9(23)6-8)12-13(20)14(21)16(24-3)15(22)19(12)27-10/h5-6,24-25H,4H2,1-3H3. The number of aryl methyl sites for hydroxylation is 2. The van der Waals surface area contributed by atoms with Gasteiger partial charge in [0.25, 0.3) is 0 Å². The Bertz CT molecular complexity index is 1070. The van der Waals surface area contributed by atoms with E-state index in [1.54, 1.807) is 26.1 Å². The summed E-state index contributed by atoms with van der Waals surface area (Å²) in [6.07, 6.45) is 0.474. The maximum absolute atomic E-state index is 13.3. The average molecular weight is 418 g/mol. The van der Waals surface area contributed by atoms with Crippen LogP contribution in [-0.2, 0) is 6.42 Å². The van der Waals surface area contributed by atoms with Crippen LogP contribution in [0.25, 0.3) is 11.0 Å². The van der Waals surface area contributed by atoms with Gasteiger partial charge in [0.05, 0.1) is 10.0 Å².